The van der Waals surface area contributed by atoms with Gasteiger partial charge >= 0.3 is 11.7 Å². The molecule has 4 N–H and O–H groups in total. The van der Waals surface area contributed by atoms with Crippen molar-refractivity contribution in [2.24, 2.45) is 0 Å². The van der Waals surface area contributed by atoms with E-state index in [1.165, 1.54) is 6.92 Å². The lowest BCUT2D eigenvalue weighted by atomic mass is 10.3. The number of ether oxygens (including phenoxy) is 1. The predicted molar refractivity (Wildman–Crippen MR) is 65.5 cm³/mol. The van der Waals surface area contributed by atoms with Crippen molar-refractivity contribution in [1.82, 2.24) is 14.7 Å². The van der Waals surface area contributed by atoms with E-state index in [1.807, 2.05) is 9.71 Å². The molecule has 0 spiro atoms. The van der Waals surface area contributed by atoms with Crippen LogP contribution in [0.1, 0.15) is 6.92 Å². The van der Waals surface area contributed by atoms with Crippen molar-refractivity contribution in [3.05, 3.63) is 27.0 Å². The van der Waals surface area contributed by atoms with Gasteiger partial charge in [0.15, 0.2) is 4.90 Å². The van der Waals surface area contributed by atoms with E-state index in [2.05, 4.69) is 4.74 Å². The number of sulfonamides is 1. The van der Waals surface area contributed by atoms with Crippen molar-refractivity contribution in [3.8, 4) is 0 Å². The van der Waals surface area contributed by atoms with E-state index in [1.54, 1.807) is 4.98 Å². The van der Waals surface area contributed by atoms with Gasteiger partial charge in [-0.15, -0.1) is 0 Å². The minimum absolute atomic E-state index is 0.00367. The smallest absolute Gasteiger partial charge is 0.326 e. The second kappa shape index (κ2) is 6.45. The van der Waals surface area contributed by atoms with Gasteiger partial charge in [-0.25, -0.2) is 13.2 Å². The summed E-state index contributed by atoms with van der Waals surface area (Å²) in [5.41, 5.74) is -2.03. The summed E-state index contributed by atoms with van der Waals surface area (Å²) in [7, 11) is -4.41. The molecule has 10 nitrogen and oxygen atoms in total. The average Bonchev–Trinajstić information content (AvgIpc) is 2.35. The van der Waals surface area contributed by atoms with Crippen LogP contribution < -0.4 is 16.0 Å². The summed E-state index contributed by atoms with van der Waals surface area (Å²) in [5.74, 6) is -0.987. The molecule has 1 heterocycles. The fourth-order valence-electron chi connectivity index (χ4n) is 1.25. The van der Waals surface area contributed by atoms with Crippen molar-refractivity contribution in [2.75, 3.05) is 13.2 Å². The Morgan fingerprint density at radius 3 is 2.65 bits per heavy atom. The Bertz CT molecular complexity index is 690. The average molecular weight is 307 g/mol. The molecule has 1 aromatic rings. The second-order valence-corrected chi connectivity index (χ2v) is 5.23. The first kappa shape index (κ1) is 16.1. The Hall–Kier alpha value is -1.98. The number of carbonyl (C=O) groups excluding carboxylic acids is 1. The highest BCUT2D eigenvalue weighted by molar-refractivity contribution is 7.89. The minimum Gasteiger partial charge on any atom is -0.465 e. The highest BCUT2D eigenvalue weighted by Gasteiger charge is 2.28. The predicted octanol–water partition coefficient (Wildman–Crippen LogP) is -2.73. The van der Waals surface area contributed by atoms with E-state index >= 15 is 0 Å². The zero-order valence-electron chi connectivity index (χ0n) is 10.4. The van der Waals surface area contributed by atoms with Gasteiger partial charge in [0, 0.05) is 6.20 Å². The largest absolute Gasteiger partial charge is 0.465 e. The number of H-pyrrole nitrogens is 2. The van der Waals surface area contributed by atoms with Gasteiger partial charge in [0.25, 0.3) is 5.56 Å². The third kappa shape index (κ3) is 3.76. The van der Waals surface area contributed by atoms with Crippen molar-refractivity contribution in [1.29, 1.82) is 0 Å². The van der Waals surface area contributed by atoms with Gasteiger partial charge in [-0.1, -0.05) is 0 Å². The number of esters is 1. The highest BCUT2D eigenvalue weighted by Crippen LogP contribution is 2.01. The first-order valence-corrected chi connectivity index (χ1v) is 6.92. The summed E-state index contributed by atoms with van der Waals surface area (Å²) in [6.45, 7) is 0.656. The van der Waals surface area contributed by atoms with Crippen molar-refractivity contribution in [3.63, 3.8) is 0 Å². The molecule has 0 saturated carbocycles. The van der Waals surface area contributed by atoms with Crippen LogP contribution in [0, 0.1) is 0 Å². The summed E-state index contributed by atoms with van der Waals surface area (Å²) in [5, 5.41) is 8.98. The number of rotatable bonds is 6. The van der Waals surface area contributed by atoms with Crippen molar-refractivity contribution < 1.29 is 23.1 Å². The van der Waals surface area contributed by atoms with E-state index in [9.17, 15) is 22.8 Å². The van der Waals surface area contributed by atoms with Crippen LogP contribution in [0.5, 0.6) is 0 Å². The molecule has 11 heteroatoms. The molecular formula is C9H13N3O7S. The first-order valence-electron chi connectivity index (χ1n) is 5.43. The first-order chi connectivity index (χ1) is 9.31. The fourth-order valence-corrected chi connectivity index (χ4v) is 2.43. The van der Waals surface area contributed by atoms with Crippen LogP contribution in [0.4, 0.5) is 0 Å². The molecule has 112 valence electrons. The van der Waals surface area contributed by atoms with Gasteiger partial charge in [0.1, 0.15) is 6.04 Å². The molecular weight excluding hydrogens is 294 g/mol. The zero-order valence-corrected chi connectivity index (χ0v) is 11.2. The summed E-state index contributed by atoms with van der Waals surface area (Å²) >= 11 is 0. The number of carbonyl (C=O) groups is 1. The highest BCUT2D eigenvalue weighted by atomic mass is 32.2. The standard InChI is InChI=1S/C9H13N3O7S/c1-2-19-8(15)5(4-13)12-20(17,18)6-3-10-9(16)11-7(6)14/h3,5,12-13H,2,4H2,1H3,(H2,10,11,14,16)/t5-/m0/s1. The number of aliphatic hydroxyl groups excluding tert-OH is 1. The lowest BCUT2D eigenvalue weighted by Gasteiger charge is -2.14. The number of aromatic amines is 2. The Kier molecular flexibility index (Phi) is 5.19. The summed E-state index contributed by atoms with van der Waals surface area (Å²) in [6, 6.07) is -1.55. The normalized spacial score (nSPS) is 12.9. The third-order valence-electron chi connectivity index (χ3n) is 2.13. The molecule has 1 rings (SSSR count). The molecule has 0 bridgehead atoms. The molecule has 0 radical (unpaired) electrons. The Morgan fingerprint density at radius 2 is 2.15 bits per heavy atom. The molecule has 0 aliphatic heterocycles. The summed E-state index contributed by atoms with van der Waals surface area (Å²) in [4.78, 5) is 36.5. The lowest BCUT2D eigenvalue weighted by molar-refractivity contribution is -0.146. The molecule has 20 heavy (non-hydrogen) atoms. The minimum atomic E-state index is -4.41. The van der Waals surface area contributed by atoms with E-state index in [4.69, 9.17) is 5.11 Å². The number of aliphatic hydroxyl groups is 1. The van der Waals surface area contributed by atoms with E-state index in [0.717, 1.165) is 0 Å². The number of nitrogens with one attached hydrogen (secondary N) is 3. The molecule has 0 unspecified atom stereocenters. The monoisotopic (exact) mass is 307 g/mol. The van der Waals surface area contributed by atoms with Crippen LogP contribution in [-0.2, 0) is 19.6 Å². The quantitative estimate of drug-likeness (QED) is 0.415. The Morgan fingerprint density at radius 1 is 1.50 bits per heavy atom. The van der Waals surface area contributed by atoms with E-state index in [-0.39, 0.29) is 6.61 Å². The molecule has 0 fully saturated rings. The van der Waals surface area contributed by atoms with Crippen LogP contribution in [0.15, 0.2) is 20.7 Å². The molecule has 0 aliphatic rings. The summed E-state index contributed by atoms with van der Waals surface area (Å²) in [6.07, 6.45) is 0.684. The van der Waals surface area contributed by atoms with Crippen LogP contribution in [0.3, 0.4) is 0 Å². The van der Waals surface area contributed by atoms with Crippen LogP contribution in [0.25, 0.3) is 0 Å². The Labute approximate surface area is 112 Å². The molecule has 0 saturated heterocycles. The molecule has 1 aromatic heterocycles. The topological polar surface area (TPSA) is 158 Å². The van der Waals surface area contributed by atoms with Gasteiger partial charge in [-0.2, -0.15) is 4.72 Å². The van der Waals surface area contributed by atoms with Gasteiger partial charge < -0.3 is 14.8 Å². The van der Waals surface area contributed by atoms with Crippen LogP contribution >= 0.6 is 0 Å². The fraction of sp³-hybridized carbons (Fsp3) is 0.444. The van der Waals surface area contributed by atoms with Crippen LogP contribution in [-0.4, -0.2) is 48.7 Å². The molecule has 0 aliphatic carbocycles. The maximum Gasteiger partial charge on any atom is 0.326 e. The zero-order chi connectivity index (χ0) is 15.3. The SMILES string of the molecule is CCOC(=O)[C@H](CO)NS(=O)(=O)c1c[nH]c(=O)[nH]c1=O. The van der Waals surface area contributed by atoms with Gasteiger partial charge in [-0.05, 0) is 6.92 Å². The molecule has 1 atom stereocenters. The molecule has 0 amide bonds. The second-order valence-electron chi connectivity index (χ2n) is 3.54. The van der Waals surface area contributed by atoms with Gasteiger partial charge in [-0.3, -0.25) is 14.6 Å². The van der Waals surface area contributed by atoms with Gasteiger partial charge in [0.05, 0.1) is 13.2 Å². The van der Waals surface area contributed by atoms with E-state index < -0.39 is 44.8 Å². The Balaban J connectivity index is 3.08. The van der Waals surface area contributed by atoms with Gasteiger partial charge in [0.2, 0.25) is 10.0 Å². The number of hydrogen-bond acceptors (Lipinski definition) is 7. The van der Waals surface area contributed by atoms with Crippen LogP contribution in [0.2, 0.25) is 0 Å². The maximum atomic E-state index is 11.9. The number of hydrogen-bond donors (Lipinski definition) is 4. The van der Waals surface area contributed by atoms with E-state index in [0.29, 0.717) is 6.20 Å². The van der Waals surface area contributed by atoms with Crippen molar-refractivity contribution in [2.45, 2.75) is 17.9 Å². The number of aromatic nitrogens is 2. The van der Waals surface area contributed by atoms with Crippen molar-refractivity contribution >= 4 is 16.0 Å². The lowest BCUT2D eigenvalue weighted by Crippen LogP contribution is -2.45. The summed E-state index contributed by atoms with van der Waals surface area (Å²) < 4.78 is 30.1. The third-order valence-corrected chi connectivity index (χ3v) is 3.60. The maximum absolute atomic E-state index is 11.9. The molecule has 0 aromatic carbocycles.